The summed E-state index contributed by atoms with van der Waals surface area (Å²) in [6.07, 6.45) is 4.89. The van der Waals surface area contributed by atoms with Gasteiger partial charge in [-0.2, -0.15) is 0 Å². The quantitative estimate of drug-likeness (QED) is 0.819. The Kier molecular flexibility index (Phi) is 3.62. The molecule has 0 bridgehead atoms. The SMILES string of the molecule is COc1cccc(C=C(C)CNC2CC2)c1. The first kappa shape index (κ1) is 11.2. The molecule has 16 heavy (non-hydrogen) atoms. The first-order chi connectivity index (χ1) is 7.78. The van der Waals surface area contributed by atoms with E-state index in [9.17, 15) is 0 Å². The normalized spacial score (nSPS) is 16.2. The van der Waals surface area contributed by atoms with Gasteiger partial charge in [-0.05, 0) is 37.5 Å². The second-order valence-electron chi connectivity index (χ2n) is 4.42. The van der Waals surface area contributed by atoms with Gasteiger partial charge in [-0.1, -0.05) is 23.8 Å². The van der Waals surface area contributed by atoms with Crippen molar-refractivity contribution in [1.82, 2.24) is 5.32 Å². The van der Waals surface area contributed by atoms with Crippen molar-refractivity contribution in [2.75, 3.05) is 13.7 Å². The van der Waals surface area contributed by atoms with Gasteiger partial charge in [-0.15, -0.1) is 0 Å². The van der Waals surface area contributed by atoms with E-state index >= 15 is 0 Å². The minimum absolute atomic E-state index is 0.772. The third-order valence-electron chi connectivity index (χ3n) is 2.75. The predicted molar refractivity (Wildman–Crippen MR) is 67.7 cm³/mol. The van der Waals surface area contributed by atoms with Gasteiger partial charge in [-0.25, -0.2) is 0 Å². The lowest BCUT2D eigenvalue weighted by Crippen LogP contribution is -2.18. The van der Waals surface area contributed by atoms with Crippen LogP contribution in [0.15, 0.2) is 29.8 Å². The second kappa shape index (κ2) is 5.17. The summed E-state index contributed by atoms with van der Waals surface area (Å²) in [6, 6.07) is 8.92. The topological polar surface area (TPSA) is 21.3 Å². The standard InChI is InChI=1S/C14H19NO/c1-11(10-15-13-6-7-13)8-12-4-3-5-14(9-12)16-2/h3-5,8-9,13,15H,6-7,10H2,1-2H3. The molecule has 1 fully saturated rings. The first-order valence-electron chi connectivity index (χ1n) is 5.82. The van der Waals surface area contributed by atoms with Crippen LogP contribution in [0.2, 0.25) is 0 Å². The summed E-state index contributed by atoms with van der Waals surface area (Å²) in [4.78, 5) is 0. The molecule has 0 aliphatic heterocycles. The lowest BCUT2D eigenvalue weighted by molar-refractivity contribution is 0.414. The molecular formula is C14H19NO. The van der Waals surface area contributed by atoms with Crippen LogP contribution in [0.25, 0.3) is 6.08 Å². The highest BCUT2D eigenvalue weighted by Gasteiger charge is 2.19. The van der Waals surface area contributed by atoms with Crippen molar-refractivity contribution in [3.8, 4) is 5.75 Å². The Labute approximate surface area is 97.3 Å². The molecular weight excluding hydrogens is 198 g/mol. The minimum Gasteiger partial charge on any atom is -0.497 e. The zero-order chi connectivity index (χ0) is 11.4. The summed E-state index contributed by atoms with van der Waals surface area (Å²) in [5.41, 5.74) is 2.56. The molecule has 0 atom stereocenters. The maximum atomic E-state index is 5.20. The second-order valence-corrected chi connectivity index (χ2v) is 4.42. The van der Waals surface area contributed by atoms with Gasteiger partial charge in [0.2, 0.25) is 0 Å². The molecule has 1 aromatic carbocycles. The fourth-order valence-electron chi connectivity index (χ4n) is 1.66. The predicted octanol–water partition coefficient (Wildman–Crippen LogP) is 2.85. The maximum absolute atomic E-state index is 5.20. The Morgan fingerprint density at radius 1 is 1.50 bits per heavy atom. The van der Waals surface area contributed by atoms with Crippen LogP contribution in [0.3, 0.4) is 0 Å². The third kappa shape index (κ3) is 3.38. The fraction of sp³-hybridized carbons (Fsp3) is 0.429. The van der Waals surface area contributed by atoms with Crippen LogP contribution in [-0.2, 0) is 0 Å². The Hall–Kier alpha value is -1.28. The smallest absolute Gasteiger partial charge is 0.119 e. The van der Waals surface area contributed by atoms with Crippen molar-refractivity contribution in [2.24, 2.45) is 0 Å². The summed E-state index contributed by atoms with van der Waals surface area (Å²) < 4.78 is 5.20. The largest absolute Gasteiger partial charge is 0.497 e. The average molecular weight is 217 g/mol. The highest BCUT2D eigenvalue weighted by atomic mass is 16.5. The van der Waals surface area contributed by atoms with Gasteiger partial charge in [0.1, 0.15) is 5.75 Å². The summed E-state index contributed by atoms with van der Waals surface area (Å²) in [5.74, 6) is 0.914. The van der Waals surface area contributed by atoms with E-state index in [0.717, 1.165) is 18.3 Å². The molecule has 1 aliphatic carbocycles. The maximum Gasteiger partial charge on any atom is 0.119 e. The summed E-state index contributed by atoms with van der Waals surface area (Å²) >= 11 is 0. The molecule has 0 radical (unpaired) electrons. The van der Waals surface area contributed by atoms with E-state index < -0.39 is 0 Å². The van der Waals surface area contributed by atoms with Crippen molar-refractivity contribution >= 4 is 6.08 Å². The molecule has 2 rings (SSSR count). The molecule has 0 spiro atoms. The lowest BCUT2D eigenvalue weighted by Gasteiger charge is -2.04. The summed E-state index contributed by atoms with van der Waals surface area (Å²) in [6.45, 7) is 3.15. The van der Waals surface area contributed by atoms with E-state index in [2.05, 4.69) is 30.4 Å². The number of benzene rings is 1. The van der Waals surface area contributed by atoms with Crippen molar-refractivity contribution in [3.63, 3.8) is 0 Å². The molecule has 0 heterocycles. The number of nitrogens with one attached hydrogen (secondary N) is 1. The molecule has 86 valence electrons. The van der Waals surface area contributed by atoms with Crippen LogP contribution >= 0.6 is 0 Å². The van der Waals surface area contributed by atoms with E-state index in [1.807, 2.05) is 12.1 Å². The van der Waals surface area contributed by atoms with Gasteiger partial charge < -0.3 is 10.1 Å². The van der Waals surface area contributed by atoms with Gasteiger partial charge in [-0.3, -0.25) is 0 Å². The number of methoxy groups -OCH3 is 1. The number of rotatable bonds is 5. The third-order valence-corrected chi connectivity index (χ3v) is 2.75. The van der Waals surface area contributed by atoms with E-state index in [0.29, 0.717) is 0 Å². The highest BCUT2D eigenvalue weighted by Crippen LogP contribution is 2.19. The van der Waals surface area contributed by atoms with Crippen LogP contribution in [0.4, 0.5) is 0 Å². The average Bonchev–Trinajstić information content (AvgIpc) is 3.10. The molecule has 1 aromatic rings. The van der Waals surface area contributed by atoms with Crippen LogP contribution in [0, 0.1) is 0 Å². The Balaban J connectivity index is 1.96. The molecule has 1 N–H and O–H groups in total. The summed E-state index contributed by atoms with van der Waals surface area (Å²) in [7, 11) is 1.70. The zero-order valence-corrected chi connectivity index (χ0v) is 9.99. The van der Waals surface area contributed by atoms with Crippen LogP contribution in [0.5, 0.6) is 5.75 Å². The molecule has 0 amide bonds. The lowest BCUT2D eigenvalue weighted by atomic mass is 10.1. The van der Waals surface area contributed by atoms with E-state index in [4.69, 9.17) is 4.74 Å². The number of hydrogen-bond acceptors (Lipinski definition) is 2. The molecule has 0 unspecified atom stereocenters. The number of hydrogen-bond donors (Lipinski definition) is 1. The number of ether oxygens (including phenoxy) is 1. The molecule has 2 nitrogen and oxygen atoms in total. The molecule has 0 aromatic heterocycles. The Morgan fingerprint density at radius 3 is 3.00 bits per heavy atom. The van der Waals surface area contributed by atoms with Gasteiger partial charge in [0.15, 0.2) is 0 Å². The van der Waals surface area contributed by atoms with Gasteiger partial charge >= 0.3 is 0 Å². The fourth-order valence-corrected chi connectivity index (χ4v) is 1.66. The van der Waals surface area contributed by atoms with Crippen LogP contribution in [-0.4, -0.2) is 19.7 Å². The van der Waals surface area contributed by atoms with E-state index in [1.54, 1.807) is 7.11 Å². The molecule has 0 saturated heterocycles. The van der Waals surface area contributed by atoms with E-state index in [1.165, 1.54) is 24.0 Å². The van der Waals surface area contributed by atoms with E-state index in [-0.39, 0.29) is 0 Å². The monoisotopic (exact) mass is 217 g/mol. The van der Waals surface area contributed by atoms with Crippen molar-refractivity contribution in [2.45, 2.75) is 25.8 Å². The highest BCUT2D eigenvalue weighted by molar-refractivity contribution is 5.54. The first-order valence-corrected chi connectivity index (χ1v) is 5.82. The molecule has 1 saturated carbocycles. The zero-order valence-electron chi connectivity index (χ0n) is 9.99. The van der Waals surface area contributed by atoms with Gasteiger partial charge in [0.05, 0.1) is 7.11 Å². The van der Waals surface area contributed by atoms with Crippen LogP contribution in [0.1, 0.15) is 25.3 Å². The minimum atomic E-state index is 0.772. The molecule has 1 aliphatic rings. The Bertz CT molecular complexity index is 380. The van der Waals surface area contributed by atoms with Crippen molar-refractivity contribution in [3.05, 3.63) is 35.4 Å². The Morgan fingerprint density at radius 2 is 2.31 bits per heavy atom. The van der Waals surface area contributed by atoms with Crippen molar-refractivity contribution in [1.29, 1.82) is 0 Å². The van der Waals surface area contributed by atoms with Crippen LogP contribution < -0.4 is 10.1 Å². The van der Waals surface area contributed by atoms with Gasteiger partial charge in [0.25, 0.3) is 0 Å². The summed E-state index contributed by atoms with van der Waals surface area (Å²) in [5, 5.41) is 3.51. The van der Waals surface area contributed by atoms with Crippen molar-refractivity contribution < 1.29 is 4.74 Å². The molecule has 2 heteroatoms. The van der Waals surface area contributed by atoms with Gasteiger partial charge in [0, 0.05) is 12.6 Å².